The van der Waals surface area contributed by atoms with Crippen molar-refractivity contribution in [3.63, 3.8) is 0 Å². The molecule has 0 saturated heterocycles. The van der Waals surface area contributed by atoms with Gasteiger partial charge in [0.2, 0.25) is 0 Å². The van der Waals surface area contributed by atoms with Crippen LogP contribution in [0.5, 0.6) is 0 Å². The summed E-state index contributed by atoms with van der Waals surface area (Å²) in [6.07, 6.45) is 1.88. The second-order valence-corrected chi connectivity index (χ2v) is 6.72. The number of rotatable bonds is 3. The zero-order valence-electron chi connectivity index (χ0n) is 11.5. The van der Waals surface area contributed by atoms with Crippen LogP contribution in [-0.2, 0) is 0 Å². The van der Waals surface area contributed by atoms with E-state index in [1.807, 2.05) is 24.4 Å². The van der Waals surface area contributed by atoms with Gasteiger partial charge in [0.05, 0.1) is 17.4 Å². The standard InChI is InChI=1S/C17H14Br2N2/c1-11(15-7-6-13(18)9-16(15)19)21-14-8-12-4-2-3-5-17(12)20-10-14/h2-11,21H,1H3. The van der Waals surface area contributed by atoms with Crippen molar-refractivity contribution in [2.45, 2.75) is 13.0 Å². The average Bonchev–Trinajstić information content (AvgIpc) is 2.47. The summed E-state index contributed by atoms with van der Waals surface area (Å²) in [7, 11) is 0. The number of benzene rings is 2. The van der Waals surface area contributed by atoms with E-state index in [0.29, 0.717) is 0 Å². The molecule has 4 heteroatoms. The highest BCUT2D eigenvalue weighted by Gasteiger charge is 2.10. The molecule has 106 valence electrons. The average molecular weight is 406 g/mol. The van der Waals surface area contributed by atoms with Crippen molar-refractivity contribution >= 4 is 48.5 Å². The molecule has 0 amide bonds. The topological polar surface area (TPSA) is 24.9 Å². The molecule has 2 nitrogen and oxygen atoms in total. The Morgan fingerprint density at radius 2 is 1.86 bits per heavy atom. The first-order chi connectivity index (χ1) is 10.1. The summed E-state index contributed by atoms with van der Waals surface area (Å²) in [6, 6.07) is 16.7. The normalized spacial score (nSPS) is 12.3. The van der Waals surface area contributed by atoms with Gasteiger partial charge >= 0.3 is 0 Å². The Balaban J connectivity index is 1.87. The van der Waals surface area contributed by atoms with Gasteiger partial charge in [0.25, 0.3) is 0 Å². The van der Waals surface area contributed by atoms with Gasteiger partial charge in [-0.05, 0) is 36.8 Å². The molecule has 1 heterocycles. The highest BCUT2D eigenvalue weighted by Crippen LogP contribution is 2.29. The summed E-state index contributed by atoms with van der Waals surface area (Å²) in [5.74, 6) is 0. The number of nitrogens with one attached hydrogen (secondary N) is 1. The van der Waals surface area contributed by atoms with E-state index in [1.54, 1.807) is 0 Å². The zero-order chi connectivity index (χ0) is 14.8. The van der Waals surface area contributed by atoms with Crippen LogP contribution in [0.1, 0.15) is 18.5 Å². The van der Waals surface area contributed by atoms with Crippen LogP contribution in [0.4, 0.5) is 5.69 Å². The number of para-hydroxylation sites is 1. The van der Waals surface area contributed by atoms with Crippen molar-refractivity contribution < 1.29 is 0 Å². The SMILES string of the molecule is CC(Nc1cnc2ccccc2c1)c1ccc(Br)cc1Br. The monoisotopic (exact) mass is 404 g/mol. The smallest absolute Gasteiger partial charge is 0.0703 e. The Bertz CT molecular complexity index is 787. The lowest BCUT2D eigenvalue weighted by molar-refractivity contribution is 0.877. The van der Waals surface area contributed by atoms with Gasteiger partial charge in [-0.3, -0.25) is 4.98 Å². The van der Waals surface area contributed by atoms with E-state index in [0.717, 1.165) is 25.5 Å². The first kappa shape index (κ1) is 14.5. The number of hydrogen-bond donors (Lipinski definition) is 1. The maximum absolute atomic E-state index is 4.48. The van der Waals surface area contributed by atoms with Gasteiger partial charge in [-0.1, -0.05) is 56.1 Å². The number of fused-ring (bicyclic) bond motifs is 1. The van der Waals surface area contributed by atoms with Crippen LogP contribution in [0, 0.1) is 0 Å². The lowest BCUT2D eigenvalue weighted by atomic mass is 10.1. The third-order valence-corrected chi connectivity index (χ3v) is 4.58. The molecule has 0 aliphatic heterocycles. The lowest BCUT2D eigenvalue weighted by Crippen LogP contribution is -2.07. The Kier molecular flexibility index (Phi) is 4.27. The van der Waals surface area contributed by atoms with E-state index in [2.05, 4.69) is 79.4 Å². The van der Waals surface area contributed by atoms with Crippen LogP contribution in [-0.4, -0.2) is 4.98 Å². The van der Waals surface area contributed by atoms with Gasteiger partial charge in [0.15, 0.2) is 0 Å². The fourth-order valence-corrected chi connectivity index (χ4v) is 3.72. The molecule has 2 aromatic carbocycles. The summed E-state index contributed by atoms with van der Waals surface area (Å²) in [5.41, 5.74) is 3.25. The van der Waals surface area contributed by atoms with Crippen molar-refractivity contribution in [2.75, 3.05) is 5.32 Å². The molecule has 0 saturated carbocycles. The molecular formula is C17H14Br2N2. The lowest BCUT2D eigenvalue weighted by Gasteiger charge is -2.17. The molecule has 21 heavy (non-hydrogen) atoms. The van der Waals surface area contributed by atoms with Crippen LogP contribution in [0.3, 0.4) is 0 Å². The van der Waals surface area contributed by atoms with Gasteiger partial charge in [0, 0.05) is 20.4 Å². The molecule has 0 fully saturated rings. The molecule has 0 radical (unpaired) electrons. The third-order valence-electron chi connectivity index (χ3n) is 3.40. The minimum atomic E-state index is 0.190. The summed E-state index contributed by atoms with van der Waals surface area (Å²) >= 11 is 7.09. The Morgan fingerprint density at radius 1 is 1.05 bits per heavy atom. The van der Waals surface area contributed by atoms with Gasteiger partial charge in [-0.25, -0.2) is 0 Å². The fourth-order valence-electron chi connectivity index (χ4n) is 2.33. The second kappa shape index (κ2) is 6.16. The van der Waals surface area contributed by atoms with Crippen LogP contribution in [0.15, 0.2) is 63.7 Å². The van der Waals surface area contributed by atoms with E-state index >= 15 is 0 Å². The maximum atomic E-state index is 4.48. The Hall–Kier alpha value is -1.39. The minimum absolute atomic E-state index is 0.190. The largest absolute Gasteiger partial charge is 0.377 e. The van der Waals surface area contributed by atoms with Crippen LogP contribution in [0.2, 0.25) is 0 Å². The van der Waals surface area contributed by atoms with Crippen molar-refractivity contribution in [1.82, 2.24) is 4.98 Å². The van der Waals surface area contributed by atoms with E-state index in [-0.39, 0.29) is 6.04 Å². The first-order valence-electron chi connectivity index (χ1n) is 6.70. The zero-order valence-corrected chi connectivity index (χ0v) is 14.6. The molecule has 0 aliphatic rings. The van der Waals surface area contributed by atoms with Crippen molar-refractivity contribution in [1.29, 1.82) is 0 Å². The number of aromatic nitrogens is 1. The predicted octanol–water partition coefficient (Wildman–Crippen LogP) is 5.93. The summed E-state index contributed by atoms with van der Waals surface area (Å²) in [5, 5.41) is 4.65. The second-order valence-electron chi connectivity index (χ2n) is 4.95. The fraction of sp³-hybridized carbons (Fsp3) is 0.118. The minimum Gasteiger partial charge on any atom is -0.377 e. The molecule has 1 N–H and O–H groups in total. The van der Waals surface area contributed by atoms with E-state index in [9.17, 15) is 0 Å². The first-order valence-corrected chi connectivity index (χ1v) is 8.28. The number of nitrogens with zero attached hydrogens (tertiary/aromatic N) is 1. The predicted molar refractivity (Wildman–Crippen MR) is 95.6 cm³/mol. The Labute approximate surface area is 140 Å². The highest BCUT2D eigenvalue weighted by atomic mass is 79.9. The highest BCUT2D eigenvalue weighted by molar-refractivity contribution is 9.11. The molecule has 1 unspecified atom stereocenters. The Morgan fingerprint density at radius 3 is 2.67 bits per heavy atom. The molecule has 3 rings (SSSR count). The van der Waals surface area contributed by atoms with E-state index in [4.69, 9.17) is 0 Å². The van der Waals surface area contributed by atoms with Crippen molar-refractivity contribution in [2.24, 2.45) is 0 Å². The molecule has 0 spiro atoms. The summed E-state index contributed by atoms with van der Waals surface area (Å²) in [4.78, 5) is 4.48. The molecule has 3 aromatic rings. The number of anilines is 1. The van der Waals surface area contributed by atoms with Crippen LogP contribution < -0.4 is 5.32 Å². The molecule has 1 atom stereocenters. The van der Waals surface area contributed by atoms with Crippen molar-refractivity contribution in [3.05, 3.63) is 69.2 Å². The summed E-state index contributed by atoms with van der Waals surface area (Å²) < 4.78 is 2.16. The van der Waals surface area contributed by atoms with Gasteiger partial charge < -0.3 is 5.32 Å². The molecular weight excluding hydrogens is 392 g/mol. The van der Waals surface area contributed by atoms with Gasteiger partial charge in [0.1, 0.15) is 0 Å². The van der Waals surface area contributed by atoms with Crippen molar-refractivity contribution in [3.8, 4) is 0 Å². The summed E-state index contributed by atoms with van der Waals surface area (Å²) in [6.45, 7) is 2.14. The quantitative estimate of drug-likeness (QED) is 0.583. The van der Waals surface area contributed by atoms with Gasteiger partial charge in [-0.2, -0.15) is 0 Å². The molecule has 0 aliphatic carbocycles. The molecule has 1 aromatic heterocycles. The maximum Gasteiger partial charge on any atom is 0.0703 e. The molecule has 0 bridgehead atoms. The van der Waals surface area contributed by atoms with E-state index < -0.39 is 0 Å². The third kappa shape index (κ3) is 3.27. The number of hydrogen-bond acceptors (Lipinski definition) is 2. The number of halogens is 2. The van der Waals surface area contributed by atoms with Gasteiger partial charge in [-0.15, -0.1) is 0 Å². The van der Waals surface area contributed by atoms with E-state index in [1.165, 1.54) is 5.56 Å². The van der Waals surface area contributed by atoms with Crippen LogP contribution >= 0.6 is 31.9 Å². The van der Waals surface area contributed by atoms with Crippen LogP contribution in [0.25, 0.3) is 10.9 Å². The number of pyridine rings is 1.